The first-order valence-corrected chi connectivity index (χ1v) is 19.2. The van der Waals surface area contributed by atoms with Crippen LogP contribution in [0.4, 0.5) is 4.79 Å². The van der Waals surface area contributed by atoms with Gasteiger partial charge in [-0.15, -0.1) is 0 Å². The zero-order valence-electron chi connectivity index (χ0n) is 29.2. The van der Waals surface area contributed by atoms with Crippen molar-refractivity contribution in [3.8, 4) is 0 Å². The van der Waals surface area contributed by atoms with Crippen LogP contribution >= 0.6 is 0 Å². The number of allylic oxidation sites excluding steroid dienone is 1. The van der Waals surface area contributed by atoms with E-state index in [1.165, 1.54) is 4.90 Å². The molecule has 0 bridgehead atoms. The highest BCUT2D eigenvalue weighted by Crippen LogP contribution is 2.46. The van der Waals surface area contributed by atoms with Crippen molar-refractivity contribution >= 4 is 50.6 Å². The molecule has 1 saturated heterocycles. The van der Waals surface area contributed by atoms with E-state index in [9.17, 15) is 32.4 Å². The van der Waals surface area contributed by atoms with Gasteiger partial charge in [0.1, 0.15) is 29.3 Å². The molecule has 4 amide bonds. The van der Waals surface area contributed by atoms with Crippen LogP contribution in [0.2, 0.25) is 0 Å². The van der Waals surface area contributed by atoms with Gasteiger partial charge in [-0.25, -0.2) is 18.0 Å². The van der Waals surface area contributed by atoms with E-state index in [2.05, 4.69) is 15.4 Å². The van der Waals surface area contributed by atoms with Gasteiger partial charge >= 0.3 is 12.1 Å². The highest BCUT2D eigenvalue weighted by molar-refractivity contribution is 7.91. The molecule has 0 radical (unpaired) electrons. The third kappa shape index (κ3) is 8.54. The molecule has 2 aromatic rings. The Bertz CT molecular complexity index is 1850. The van der Waals surface area contributed by atoms with Gasteiger partial charge in [0.15, 0.2) is 0 Å². The highest BCUT2D eigenvalue weighted by atomic mass is 32.2. The van der Waals surface area contributed by atoms with E-state index in [1.54, 1.807) is 32.9 Å². The Balaban J connectivity index is 1.27. The normalized spacial score (nSPS) is 27.2. The van der Waals surface area contributed by atoms with E-state index in [0.29, 0.717) is 31.2 Å². The summed E-state index contributed by atoms with van der Waals surface area (Å²) in [5, 5.41) is 6.65. The Labute approximate surface area is 297 Å². The lowest BCUT2D eigenvalue weighted by Gasteiger charge is -2.30. The fraction of sp³-hybridized carbons (Fsp3) is 0.541. The van der Waals surface area contributed by atoms with Crippen molar-refractivity contribution in [2.75, 3.05) is 6.54 Å². The molecule has 6 rings (SSSR count). The molecule has 0 aromatic heterocycles. The molecule has 2 aromatic carbocycles. The van der Waals surface area contributed by atoms with Crippen LogP contribution in [0.3, 0.4) is 0 Å². The van der Waals surface area contributed by atoms with Crippen molar-refractivity contribution in [1.29, 1.82) is 0 Å². The molecule has 274 valence electrons. The molecule has 3 N–H and O–H groups in total. The van der Waals surface area contributed by atoms with Crippen LogP contribution in [0.1, 0.15) is 88.9 Å². The first-order chi connectivity index (χ1) is 24.1. The molecule has 2 aliphatic carbocycles. The van der Waals surface area contributed by atoms with E-state index in [0.717, 1.165) is 23.6 Å². The fourth-order valence-electron chi connectivity index (χ4n) is 6.83. The Morgan fingerprint density at radius 3 is 2.45 bits per heavy atom. The van der Waals surface area contributed by atoms with E-state index >= 15 is 0 Å². The molecule has 2 heterocycles. The Morgan fingerprint density at radius 1 is 0.980 bits per heavy atom. The molecule has 0 spiro atoms. The Hall–Kier alpha value is -4.46. The minimum Gasteiger partial charge on any atom is -0.457 e. The summed E-state index contributed by atoms with van der Waals surface area (Å²) in [5.74, 6) is -3.14. The number of rotatable bonds is 6. The second-order valence-corrected chi connectivity index (χ2v) is 17.0. The molecule has 14 heteroatoms. The predicted molar refractivity (Wildman–Crippen MR) is 188 cm³/mol. The number of fused-ring (bicyclic) bond motifs is 3. The maximum atomic E-state index is 14.3. The van der Waals surface area contributed by atoms with Gasteiger partial charge in [0.05, 0.1) is 17.4 Å². The first-order valence-electron chi connectivity index (χ1n) is 17.7. The number of hydrogen-bond acceptors (Lipinski definition) is 9. The molecule has 13 nitrogen and oxygen atoms in total. The summed E-state index contributed by atoms with van der Waals surface area (Å²) in [6, 6.07) is 10.5. The number of alkyl carbamates (subject to hydrolysis) is 1. The average Bonchev–Trinajstić information content (AvgIpc) is 3.99. The molecule has 5 atom stereocenters. The number of esters is 1. The van der Waals surface area contributed by atoms with Crippen molar-refractivity contribution in [1.82, 2.24) is 20.3 Å². The average molecular weight is 723 g/mol. The first kappa shape index (κ1) is 36.3. The van der Waals surface area contributed by atoms with Crippen LogP contribution < -0.4 is 15.4 Å². The highest BCUT2D eigenvalue weighted by Gasteiger charge is 2.62. The summed E-state index contributed by atoms with van der Waals surface area (Å²) in [6.45, 7) is 4.99. The zero-order chi connectivity index (χ0) is 36.6. The van der Waals surface area contributed by atoms with Crippen LogP contribution in [0, 0.1) is 5.92 Å². The number of carbonyl (C=O) groups is 5. The van der Waals surface area contributed by atoms with Crippen molar-refractivity contribution in [2.45, 2.75) is 113 Å². The van der Waals surface area contributed by atoms with Gasteiger partial charge in [0, 0.05) is 12.3 Å². The van der Waals surface area contributed by atoms with Gasteiger partial charge in [0.2, 0.25) is 21.8 Å². The lowest BCUT2D eigenvalue weighted by atomic mass is 10.0. The van der Waals surface area contributed by atoms with Gasteiger partial charge in [-0.2, -0.15) is 0 Å². The van der Waals surface area contributed by atoms with Crippen LogP contribution in [-0.2, 0) is 33.9 Å². The van der Waals surface area contributed by atoms with Crippen molar-refractivity contribution in [3.05, 3.63) is 60.2 Å². The van der Waals surface area contributed by atoms with Crippen molar-refractivity contribution in [2.24, 2.45) is 5.92 Å². The van der Waals surface area contributed by atoms with Crippen LogP contribution in [0.15, 0.2) is 54.6 Å². The predicted octanol–water partition coefficient (Wildman–Crippen LogP) is 3.86. The number of ether oxygens (including phenoxy) is 2. The maximum Gasteiger partial charge on any atom is 0.408 e. The van der Waals surface area contributed by atoms with E-state index in [1.807, 2.05) is 42.5 Å². The summed E-state index contributed by atoms with van der Waals surface area (Å²) >= 11 is 0. The quantitative estimate of drug-likeness (QED) is 0.295. The minimum absolute atomic E-state index is 0.0748. The monoisotopic (exact) mass is 722 g/mol. The second-order valence-electron chi connectivity index (χ2n) is 15.0. The molecule has 51 heavy (non-hydrogen) atoms. The maximum absolute atomic E-state index is 14.3. The Morgan fingerprint density at radius 2 is 1.73 bits per heavy atom. The van der Waals surface area contributed by atoms with E-state index in [-0.39, 0.29) is 25.8 Å². The molecule has 4 aliphatic rings. The third-order valence-electron chi connectivity index (χ3n) is 9.79. The molecule has 0 unspecified atom stereocenters. The second kappa shape index (κ2) is 14.3. The van der Waals surface area contributed by atoms with Crippen LogP contribution in [0.25, 0.3) is 10.8 Å². The lowest BCUT2D eigenvalue weighted by molar-refractivity contribution is -0.141. The molecular weight excluding hydrogens is 676 g/mol. The lowest BCUT2D eigenvalue weighted by Crippen LogP contribution is -2.58. The van der Waals surface area contributed by atoms with Gasteiger partial charge in [-0.3, -0.25) is 19.1 Å². The summed E-state index contributed by atoms with van der Waals surface area (Å²) in [6.07, 6.45) is 6.19. The van der Waals surface area contributed by atoms with Gasteiger partial charge < -0.3 is 25.0 Å². The van der Waals surface area contributed by atoms with Gasteiger partial charge in [0.25, 0.3) is 5.91 Å². The topological polar surface area (TPSA) is 177 Å². The number of nitrogens with zero attached hydrogens (tertiary/aromatic N) is 1. The van der Waals surface area contributed by atoms with Crippen LogP contribution in [-0.4, -0.2) is 84.2 Å². The Kier molecular flexibility index (Phi) is 10.2. The van der Waals surface area contributed by atoms with Gasteiger partial charge in [-0.1, -0.05) is 55.3 Å². The summed E-state index contributed by atoms with van der Waals surface area (Å²) in [4.78, 5) is 69.6. The molecule has 3 fully saturated rings. The van der Waals surface area contributed by atoms with Crippen molar-refractivity contribution < 1.29 is 41.9 Å². The summed E-state index contributed by atoms with van der Waals surface area (Å²) in [7, 11) is -3.90. The minimum atomic E-state index is -3.90. The fourth-order valence-corrected chi connectivity index (χ4v) is 8.20. The standard InChI is InChI=1S/C37H46N4O9S/c1-36(2,3)50-35(46)38-29-14-8-6-4-5-7-13-26-21-37(26,34(45)40-51(47,48)28-17-18-28)39-31(42)30-20-27(22-41(30)32(29)43)49-33(44)25-16-15-23-11-9-10-12-24(23)19-25/h7,9-13,15-16,19,26-30H,4-6,8,14,17-18,20-22H2,1-3H3,(H,38,46)(H,39,42)(H,40,45)/t26-,27-,29+,30+,37-/m1/s1. The van der Waals surface area contributed by atoms with Crippen LogP contribution in [0.5, 0.6) is 0 Å². The van der Waals surface area contributed by atoms with Gasteiger partial charge in [-0.05, 0) is 82.2 Å². The summed E-state index contributed by atoms with van der Waals surface area (Å²) in [5.41, 5.74) is -2.04. The third-order valence-corrected chi connectivity index (χ3v) is 11.6. The number of sulfonamides is 1. The summed E-state index contributed by atoms with van der Waals surface area (Å²) < 4.78 is 39.0. The largest absolute Gasteiger partial charge is 0.457 e. The van der Waals surface area contributed by atoms with E-state index < -0.39 is 80.3 Å². The molecule has 2 saturated carbocycles. The molecular formula is C37H46N4O9S. The SMILES string of the molecule is CC(C)(C)OC(=O)N[C@H]1CCCCCC=C[C@@H]2C[C@@]2(C(=O)NS(=O)(=O)C2CC2)NC(=O)[C@@H]2C[C@@H](OC(=O)c3ccc4ccccc4c3)CN2C1=O. The number of carbonyl (C=O) groups excluding carboxylic acids is 5. The number of amides is 4. The molecule has 2 aliphatic heterocycles. The van der Waals surface area contributed by atoms with E-state index in [4.69, 9.17) is 9.47 Å². The van der Waals surface area contributed by atoms with Crippen molar-refractivity contribution in [3.63, 3.8) is 0 Å². The smallest absolute Gasteiger partial charge is 0.408 e. The number of hydrogen-bond donors (Lipinski definition) is 3. The number of nitrogens with one attached hydrogen (secondary N) is 3. The number of benzene rings is 2. The zero-order valence-corrected chi connectivity index (χ0v) is 30.0.